The van der Waals surface area contributed by atoms with Crippen molar-refractivity contribution in [3.8, 4) is 5.75 Å². The van der Waals surface area contributed by atoms with Crippen LogP contribution in [0.25, 0.3) is 0 Å². The lowest BCUT2D eigenvalue weighted by Crippen LogP contribution is -2.13. The maximum absolute atomic E-state index is 13.2. The number of hydrogen-bond donors (Lipinski definition) is 1. The van der Waals surface area contributed by atoms with Gasteiger partial charge in [-0.25, -0.2) is 4.39 Å². The Hall–Kier alpha value is -1.98. The Balaban J connectivity index is 1.98. The zero-order chi connectivity index (χ0) is 15.2. The van der Waals surface area contributed by atoms with Gasteiger partial charge in [0.05, 0.1) is 20.3 Å². The van der Waals surface area contributed by atoms with Gasteiger partial charge in [0.1, 0.15) is 16.6 Å². The van der Waals surface area contributed by atoms with Crippen molar-refractivity contribution < 1.29 is 13.9 Å². The molecule has 0 saturated carbocycles. The van der Waals surface area contributed by atoms with E-state index in [2.05, 4.69) is 0 Å². The van der Waals surface area contributed by atoms with Crippen molar-refractivity contribution in [1.29, 1.82) is 0 Å². The lowest BCUT2D eigenvalue weighted by atomic mass is 10.1. The van der Waals surface area contributed by atoms with Crippen LogP contribution >= 0.6 is 12.2 Å². The van der Waals surface area contributed by atoms with Crippen LogP contribution in [0.3, 0.4) is 0 Å². The molecule has 0 unspecified atom stereocenters. The third-order valence-corrected chi connectivity index (χ3v) is 3.24. The second-order valence-corrected chi connectivity index (χ2v) is 4.95. The lowest BCUT2D eigenvalue weighted by Gasteiger charge is -2.10. The molecule has 0 bridgehead atoms. The van der Waals surface area contributed by atoms with Crippen LogP contribution in [-0.2, 0) is 18.0 Å². The number of rotatable bonds is 6. The zero-order valence-corrected chi connectivity index (χ0v) is 12.5. The molecular formula is C16H16FNO2S. The Kier molecular flexibility index (Phi) is 5.25. The number of benzene rings is 2. The number of nitrogens with two attached hydrogens (primary N) is 1. The van der Waals surface area contributed by atoms with Crippen molar-refractivity contribution >= 4 is 17.2 Å². The van der Waals surface area contributed by atoms with Gasteiger partial charge in [0.15, 0.2) is 0 Å². The molecular weight excluding hydrogens is 289 g/mol. The normalized spacial score (nSPS) is 10.4. The minimum atomic E-state index is -0.364. The van der Waals surface area contributed by atoms with Crippen LogP contribution in [0.15, 0.2) is 42.5 Å². The minimum Gasteiger partial charge on any atom is -0.497 e. The first-order valence-electron chi connectivity index (χ1n) is 6.39. The van der Waals surface area contributed by atoms with Gasteiger partial charge in [-0.05, 0) is 35.4 Å². The maximum atomic E-state index is 13.2. The standard InChI is InChI=1S/C16H16FNO2S/c1-19-14-6-2-11(3-7-14)9-20-10-12-4-5-13(17)8-15(12)16(18)21/h2-8H,9-10H2,1H3,(H2,18,21). The highest BCUT2D eigenvalue weighted by molar-refractivity contribution is 7.80. The minimum absolute atomic E-state index is 0.164. The van der Waals surface area contributed by atoms with Crippen molar-refractivity contribution in [2.24, 2.45) is 5.73 Å². The molecule has 0 aliphatic heterocycles. The van der Waals surface area contributed by atoms with Crippen LogP contribution in [0.2, 0.25) is 0 Å². The first-order chi connectivity index (χ1) is 10.1. The van der Waals surface area contributed by atoms with Crippen LogP contribution in [0.4, 0.5) is 4.39 Å². The third-order valence-electron chi connectivity index (χ3n) is 3.02. The first-order valence-corrected chi connectivity index (χ1v) is 6.80. The molecule has 0 spiro atoms. The van der Waals surface area contributed by atoms with E-state index >= 15 is 0 Å². The molecule has 0 aliphatic carbocycles. The molecule has 0 atom stereocenters. The van der Waals surface area contributed by atoms with Gasteiger partial charge in [-0.15, -0.1) is 0 Å². The number of thiocarbonyl (C=S) groups is 1. The van der Waals surface area contributed by atoms with Gasteiger partial charge in [0.2, 0.25) is 0 Å². The van der Waals surface area contributed by atoms with E-state index in [0.29, 0.717) is 18.8 Å². The SMILES string of the molecule is COc1ccc(COCc2ccc(F)cc2C(N)=S)cc1. The number of halogens is 1. The Labute approximate surface area is 128 Å². The average molecular weight is 305 g/mol. The second kappa shape index (κ2) is 7.15. The summed E-state index contributed by atoms with van der Waals surface area (Å²) < 4.78 is 23.9. The highest BCUT2D eigenvalue weighted by Crippen LogP contribution is 2.15. The van der Waals surface area contributed by atoms with Crippen molar-refractivity contribution in [3.05, 3.63) is 65.0 Å². The van der Waals surface area contributed by atoms with Gasteiger partial charge in [-0.2, -0.15) is 0 Å². The third kappa shape index (κ3) is 4.24. The smallest absolute Gasteiger partial charge is 0.123 e. The quantitative estimate of drug-likeness (QED) is 0.833. The van der Waals surface area contributed by atoms with Gasteiger partial charge in [0.25, 0.3) is 0 Å². The summed E-state index contributed by atoms with van der Waals surface area (Å²) >= 11 is 4.92. The zero-order valence-electron chi connectivity index (χ0n) is 11.6. The Morgan fingerprint density at radius 2 is 1.86 bits per heavy atom. The molecule has 5 heteroatoms. The van der Waals surface area contributed by atoms with Crippen LogP contribution in [-0.4, -0.2) is 12.1 Å². The van der Waals surface area contributed by atoms with Crippen LogP contribution < -0.4 is 10.5 Å². The Morgan fingerprint density at radius 3 is 2.48 bits per heavy atom. The molecule has 3 nitrogen and oxygen atoms in total. The van der Waals surface area contributed by atoms with E-state index in [9.17, 15) is 4.39 Å². The molecule has 110 valence electrons. The fourth-order valence-corrected chi connectivity index (χ4v) is 2.09. The van der Waals surface area contributed by atoms with Gasteiger partial charge >= 0.3 is 0 Å². The summed E-state index contributed by atoms with van der Waals surface area (Å²) in [6.07, 6.45) is 0. The monoisotopic (exact) mass is 305 g/mol. The molecule has 0 fully saturated rings. The predicted octanol–water partition coefficient (Wildman–Crippen LogP) is 3.19. The molecule has 2 N–H and O–H groups in total. The summed E-state index contributed by atoms with van der Waals surface area (Å²) in [7, 11) is 1.62. The Bertz CT molecular complexity index is 629. The average Bonchev–Trinajstić information content (AvgIpc) is 2.49. The summed E-state index contributed by atoms with van der Waals surface area (Å²) in [5, 5.41) is 0. The molecule has 2 aromatic carbocycles. The van der Waals surface area contributed by atoms with E-state index in [0.717, 1.165) is 16.9 Å². The fourth-order valence-electron chi connectivity index (χ4n) is 1.90. The number of ether oxygens (including phenoxy) is 2. The van der Waals surface area contributed by atoms with Crippen molar-refractivity contribution in [2.45, 2.75) is 13.2 Å². The van der Waals surface area contributed by atoms with Crippen LogP contribution in [0, 0.1) is 5.82 Å². The largest absolute Gasteiger partial charge is 0.497 e. The highest BCUT2D eigenvalue weighted by atomic mass is 32.1. The van der Waals surface area contributed by atoms with E-state index in [1.807, 2.05) is 24.3 Å². The maximum Gasteiger partial charge on any atom is 0.123 e. The molecule has 0 saturated heterocycles. The van der Waals surface area contributed by atoms with E-state index in [1.165, 1.54) is 12.1 Å². The highest BCUT2D eigenvalue weighted by Gasteiger charge is 2.07. The van der Waals surface area contributed by atoms with Gasteiger partial charge in [-0.1, -0.05) is 30.4 Å². The van der Waals surface area contributed by atoms with E-state index < -0.39 is 0 Å². The summed E-state index contributed by atoms with van der Waals surface area (Å²) in [4.78, 5) is 0.164. The van der Waals surface area contributed by atoms with Crippen LogP contribution in [0.5, 0.6) is 5.75 Å². The summed E-state index contributed by atoms with van der Waals surface area (Å²) in [5.41, 5.74) is 7.91. The van der Waals surface area contributed by atoms with Crippen molar-refractivity contribution in [3.63, 3.8) is 0 Å². The lowest BCUT2D eigenvalue weighted by molar-refractivity contribution is 0.107. The fraction of sp³-hybridized carbons (Fsp3) is 0.188. The van der Waals surface area contributed by atoms with Crippen molar-refractivity contribution in [2.75, 3.05) is 7.11 Å². The predicted molar refractivity (Wildman–Crippen MR) is 83.8 cm³/mol. The number of hydrogen-bond acceptors (Lipinski definition) is 3. The molecule has 0 heterocycles. The Morgan fingerprint density at radius 1 is 1.14 bits per heavy atom. The summed E-state index contributed by atoms with van der Waals surface area (Å²) in [6.45, 7) is 0.761. The molecule has 0 aliphatic rings. The van der Waals surface area contributed by atoms with E-state index in [4.69, 9.17) is 27.4 Å². The molecule has 0 amide bonds. The van der Waals surface area contributed by atoms with E-state index in [-0.39, 0.29) is 10.8 Å². The molecule has 21 heavy (non-hydrogen) atoms. The molecule has 2 rings (SSSR count). The van der Waals surface area contributed by atoms with Gasteiger partial charge in [-0.3, -0.25) is 0 Å². The van der Waals surface area contributed by atoms with Crippen LogP contribution in [0.1, 0.15) is 16.7 Å². The number of methoxy groups -OCH3 is 1. The summed E-state index contributed by atoms with van der Waals surface area (Å²) in [5.74, 6) is 0.435. The molecule has 0 aromatic heterocycles. The van der Waals surface area contributed by atoms with Crippen molar-refractivity contribution in [1.82, 2.24) is 0 Å². The second-order valence-electron chi connectivity index (χ2n) is 4.51. The van der Waals surface area contributed by atoms with Gasteiger partial charge < -0.3 is 15.2 Å². The first kappa shape index (κ1) is 15.4. The molecule has 2 aromatic rings. The summed E-state index contributed by atoms with van der Waals surface area (Å²) in [6, 6.07) is 11.9. The molecule has 0 radical (unpaired) electrons. The van der Waals surface area contributed by atoms with Gasteiger partial charge in [0, 0.05) is 5.56 Å². The van der Waals surface area contributed by atoms with E-state index in [1.54, 1.807) is 13.2 Å². The topological polar surface area (TPSA) is 44.5 Å².